The first-order chi connectivity index (χ1) is 9.86. The minimum atomic E-state index is -3.46. The van der Waals surface area contributed by atoms with Gasteiger partial charge in [-0.25, -0.2) is 0 Å². The van der Waals surface area contributed by atoms with Crippen LogP contribution in [0.25, 0.3) is 0 Å². The van der Waals surface area contributed by atoms with E-state index in [-0.39, 0.29) is 5.92 Å². The maximum absolute atomic E-state index is 12.7. The van der Waals surface area contributed by atoms with E-state index in [0.29, 0.717) is 25.4 Å². The second kappa shape index (κ2) is 6.34. The van der Waals surface area contributed by atoms with Crippen molar-refractivity contribution in [2.45, 2.75) is 20.3 Å². The van der Waals surface area contributed by atoms with Gasteiger partial charge in [0.25, 0.3) is 0 Å². The number of benzene rings is 1. The molecule has 118 valence electrons. The zero-order valence-corrected chi connectivity index (χ0v) is 14.0. The van der Waals surface area contributed by atoms with Gasteiger partial charge in [0, 0.05) is 27.2 Å². The van der Waals surface area contributed by atoms with Crippen molar-refractivity contribution in [3.05, 3.63) is 29.3 Å². The van der Waals surface area contributed by atoms with Crippen LogP contribution in [-0.4, -0.2) is 46.6 Å². The van der Waals surface area contributed by atoms with E-state index < -0.39 is 10.2 Å². The maximum Gasteiger partial charge on any atom is 0.303 e. The van der Waals surface area contributed by atoms with Crippen molar-refractivity contribution in [1.29, 1.82) is 0 Å². The summed E-state index contributed by atoms with van der Waals surface area (Å²) in [6, 6.07) is 5.71. The van der Waals surface area contributed by atoms with Crippen molar-refractivity contribution in [1.82, 2.24) is 4.31 Å². The average Bonchev–Trinajstić information content (AvgIpc) is 2.91. The predicted octanol–water partition coefficient (Wildman–Crippen LogP) is 1.95. The van der Waals surface area contributed by atoms with Gasteiger partial charge in [0.2, 0.25) is 0 Å². The van der Waals surface area contributed by atoms with Gasteiger partial charge in [0.15, 0.2) is 0 Å². The van der Waals surface area contributed by atoms with E-state index in [4.69, 9.17) is 4.74 Å². The van der Waals surface area contributed by atoms with Crippen LogP contribution in [0.2, 0.25) is 0 Å². The molecule has 21 heavy (non-hydrogen) atoms. The second-order valence-corrected chi connectivity index (χ2v) is 7.67. The van der Waals surface area contributed by atoms with Crippen molar-refractivity contribution < 1.29 is 13.2 Å². The molecule has 0 spiro atoms. The summed E-state index contributed by atoms with van der Waals surface area (Å²) in [6.45, 7) is 5.71. The van der Waals surface area contributed by atoms with Crippen LogP contribution in [0.3, 0.4) is 0 Å². The molecular formula is C15H24N2O3S. The van der Waals surface area contributed by atoms with Crippen molar-refractivity contribution in [3.8, 4) is 0 Å². The minimum Gasteiger partial charge on any atom is -0.384 e. The fourth-order valence-electron chi connectivity index (χ4n) is 2.61. The zero-order valence-electron chi connectivity index (χ0n) is 13.2. The highest BCUT2D eigenvalue weighted by molar-refractivity contribution is 7.90. The van der Waals surface area contributed by atoms with Crippen LogP contribution in [0.4, 0.5) is 5.69 Å². The highest BCUT2D eigenvalue weighted by Gasteiger charge is 2.34. The molecule has 1 saturated heterocycles. The van der Waals surface area contributed by atoms with Gasteiger partial charge in [-0.1, -0.05) is 6.07 Å². The van der Waals surface area contributed by atoms with Gasteiger partial charge >= 0.3 is 10.2 Å². The molecule has 1 unspecified atom stereocenters. The average molecular weight is 312 g/mol. The van der Waals surface area contributed by atoms with E-state index >= 15 is 0 Å². The van der Waals surface area contributed by atoms with E-state index in [1.54, 1.807) is 18.5 Å². The van der Waals surface area contributed by atoms with Crippen LogP contribution >= 0.6 is 0 Å². The number of anilines is 1. The van der Waals surface area contributed by atoms with Crippen LogP contribution in [-0.2, 0) is 14.9 Å². The van der Waals surface area contributed by atoms with Crippen molar-refractivity contribution in [3.63, 3.8) is 0 Å². The Morgan fingerprint density at radius 2 is 2.05 bits per heavy atom. The number of hydrogen-bond donors (Lipinski definition) is 0. The third kappa shape index (κ3) is 3.39. The first-order valence-corrected chi connectivity index (χ1v) is 8.56. The Labute approximate surface area is 127 Å². The first-order valence-electron chi connectivity index (χ1n) is 7.16. The fourth-order valence-corrected chi connectivity index (χ4v) is 4.07. The molecule has 1 fully saturated rings. The van der Waals surface area contributed by atoms with Gasteiger partial charge in [0.05, 0.1) is 12.3 Å². The fraction of sp³-hybridized carbons (Fsp3) is 0.600. The van der Waals surface area contributed by atoms with E-state index in [2.05, 4.69) is 0 Å². The summed E-state index contributed by atoms with van der Waals surface area (Å²) in [6.07, 6.45) is 0.855. The standard InChI is InChI=1S/C15H24N2O3S/c1-12-5-6-15(9-13(12)2)16(3)21(18,19)17-8-7-14(10-17)11-20-4/h5-6,9,14H,7-8,10-11H2,1-4H3. The van der Waals surface area contributed by atoms with Crippen LogP contribution in [0.5, 0.6) is 0 Å². The molecule has 5 nitrogen and oxygen atoms in total. The van der Waals surface area contributed by atoms with Crippen LogP contribution in [0.15, 0.2) is 18.2 Å². The Bertz CT molecular complexity index is 601. The molecule has 0 bridgehead atoms. The molecule has 0 N–H and O–H groups in total. The van der Waals surface area contributed by atoms with Crippen LogP contribution < -0.4 is 4.31 Å². The van der Waals surface area contributed by atoms with Gasteiger partial charge in [-0.05, 0) is 49.4 Å². The lowest BCUT2D eigenvalue weighted by Crippen LogP contribution is -2.41. The van der Waals surface area contributed by atoms with Gasteiger partial charge in [-0.2, -0.15) is 12.7 Å². The molecule has 2 rings (SSSR count). The second-order valence-electron chi connectivity index (χ2n) is 5.71. The lowest BCUT2D eigenvalue weighted by Gasteiger charge is -2.26. The molecule has 1 aliphatic heterocycles. The van der Waals surface area contributed by atoms with Gasteiger partial charge in [0.1, 0.15) is 0 Å². The van der Waals surface area contributed by atoms with E-state index in [0.717, 1.165) is 17.5 Å². The number of rotatable bonds is 5. The number of nitrogens with zero attached hydrogens (tertiary/aromatic N) is 2. The number of hydrogen-bond acceptors (Lipinski definition) is 3. The van der Waals surface area contributed by atoms with Gasteiger partial charge < -0.3 is 4.74 Å². The van der Waals surface area contributed by atoms with Crippen molar-refractivity contribution in [2.75, 3.05) is 38.2 Å². The molecule has 1 aromatic rings. The van der Waals surface area contributed by atoms with E-state index in [1.165, 1.54) is 4.31 Å². The Hall–Kier alpha value is -1.11. The van der Waals surface area contributed by atoms with Gasteiger partial charge in [-0.15, -0.1) is 0 Å². The Kier molecular flexibility index (Phi) is 4.91. The highest BCUT2D eigenvalue weighted by Crippen LogP contribution is 2.26. The molecule has 1 aromatic carbocycles. The lowest BCUT2D eigenvalue weighted by atomic mass is 10.1. The SMILES string of the molecule is COCC1CCN(S(=O)(=O)N(C)c2ccc(C)c(C)c2)C1. The third-order valence-electron chi connectivity index (χ3n) is 4.18. The van der Waals surface area contributed by atoms with E-state index in [9.17, 15) is 8.42 Å². The summed E-state index contributed by atoms with van der Waals surface area (Å²) in [5.74, 6) is 0.290. The van der Waals surface area contributed by atoms with Crippen LogP contribution in [0.1, 0.15) is 17.5 Å². The summed E-state index contributed by atoms with van der Waals surface area (Å²) in [4.78, 5) is 0. The van der Waals surface area contributed by atoms with Crippen molar-refractivity contribution in [2.24, 2.45) is 5.92 Å². The molecular weight excluding hydrogens is 288 g/mol. The maximum atomic E-state index is 12.7. The molecule has 1 aliphatic rings. The third-order valence-corrected chi connectivity index (χ3v) is 6.06. The minimum absolute atomic E-state index is 0.290. The first kappa shape index (κ1) is 16.3. The van der Waals surface area contributed by atoms with Gasteiger partial charge in [-0.3, -0.25) is 4.31 Å². The number of aryl methyl sites for hydroxylation is 2. The molecule has 0 aromatic heterocycles. The molecule has 6 heteroatoms. The Morgan fingerprint density at radius 1 is 1.33 bits per heavy atom. The monoisotopic (exact) mass is 312 g/mol. The number of ether oxygens (including phenoxy) is 1. The topological polar surface area (TPSA) is 49.9 Å². The molecule has 1 atom stereocenters. The molecule has 1 heterocycles. The summed E-state index contributed by atoms with van der Waals surface area (Å²) in [7, 11) is -0.196. The molecule has 0 radical (unpaired) electrons. The summed E-state index contributed by atoms with van der Waals surface area (Å²) >= 11 is 0. The Morgan fingerprint density at radius 3 is 2.67 bits per heavy atom. The lowest BCUT2D eigenvalue weighted by molar-refractivity contribution is 0.157. The Balaban J connectivity index is 2.17. The smallest absolute Gasteiger partial charge is 0.303 e. The highest BCUT2D eigenvalue weighted by atomic mass is 32.2. The predicted molar refractivity (Wildman–Crippen MR) is 84.8 cm³/mol. The molecule has 0 saturated carbocycles. The summed E-state index contributed by atoms with van der Waals surface area (Å²) < 4.78 is 33.4. The number of methoxy groups -OCH3 is 1. The summed E-state index contributed by atoms with van der Waals surface area (Å²) in [5, 5.41) is 0. The molecule has 0 aliphatic carbocycles. The largest absolute Gasteiger partial charge is 0.384 e. The van der Waals surface area contributed by atoms with Crippen molar-refractivity contribution >= 4 is 15.9 Å². The van der Waals surface area contributed by atoms with Crippen LogP contribution in [0, 0.1) is 19.8 Å². The zero-order chi connectivity index (χ0) is 15.6. The molecule has 0 amide bonds. The van der Waals surface area contributed by atoms with E-state index in [1.807, 2.05) is 32.0 Å². The quantitative estimate of drug-likeness (QED) is 0.835. The normalized spacial score (nSPS) is 19.9. The summed E-state index contributed by atoms with van der Waals surface area (Å²) in [5.41, 5.74) is 2.95.